The van der Waals surface area contributed by atoms with Crippen LogP contribution in [0.4, 0.5) is 9.18 Å². The van der Waals surface area contributed by atoms with Gasteiger partial charge in [0.15, 0.2) is 0 Å². The molecule has 1 atom stereocenters. The number of aromatic nitrogens is 2. The molecule has 3 rings (SSSR count). The van der Waals surface area contributed by atoms with Gasteiger partial charge in [-0.2, -0.15) is 5.10 Å². The zero-order valence-electron chi connectivity index (χ0n) is 13.9. The summed E-state index contributed by atoms with van der Waals surface area (Å²) >= 11 is 0. The van der Waals surface area contributed by atoms with E-state index in [1.54, 1.807) is 20.3 Å². The number of halogens is 1. The van der Waals surface area contributed by atoms with Gasteiger partial charge in [-0.1, -0.05) is 12.1 Å². The van der Waals surface area contributed by atoms with Gasteiger partial charge in [-0.05, 0) is 23.8 Å². The predicted octanol–water partition coefficient (Wildman–Crippen LogP) is 1.85. The maximum atomic E-state index is 13.1. The van der Waals surface area contributed by atoms with Crippen LogP contribution in [0.2, 0.25) is 0 Å². The number of hydrogen-bond acceptors (Lipinski definition) is 3. The smallest absolute Gasteiger partial charge is 0.316 e. The number of nitrogens with zero attached hydrogens (tertiary/aromatic N) is 4. The molecule has 0 saturated carbocycles. The third-order valence-electron chi connectivity index (χ3n) is 4.17. The van der Waals surface area contributed by atoms with Crippen LogP contribution in [-0.4, -0.2) is 52.8 Å². The lowest BCUT2D eigenvalue weighted by atomic mass is 10.1. The normalized spacial score (nSPS) is 17.4. The minimum atomic E-state index is -0.222. The van der Waals surface area contributed by atoms with E-state index in [1.807, 2.05) is 22.9 Å². The number of carbonyl (C=O) groups is 1. The highest BCUT2D eigenvalue weighted by molar-refractivity contribution is 5.73. The topological polar surface area (TPSA) is 53.4 Å². The van der Waals surface area contributed by atoms with Gasteiger partial charge in [0.1, 0.15) is 5.82 Å². The molecule has 1 aliphatic rings. The number of benzene rings is 1. The maximum Gasteiger partial charge on any atom is 0.316 e. The van der Waals surface area contributed by atoms with E-state index in [1.165, 1.54) is 17.0 Å². The lowest BCUT2D eigenvalue weighted by molar-refractivity contribution is 0.162. The standard InChI is InChI=1S/C17H22FN5O/c1-21(2)17(24)19-9-16-12-22(11-15-7-8-20-23(15)16)10-13-3-5-14(18)6-4-13/h3-8,16H,9-12H2,1-2H3,(H,19,24)/t16-/m1/s1. The summed E-state index contributed by atoms with van der Waals surface area (Å²) in [6.45, 7) is 2.82. The van der Waals surface area contributed by atoms with E-state index in [0.29, 0.717) is 6.54 Å². The number of carbonyl (C=O) groups excluding carboxylic acids is 1. The van der Waals surface area contributed by atoms with Crippen LogP contribution in [0, 0.1) is 5.82 Å². The van der Waals surface area contributed by atoms with Gasteiger partial charge < -0.3 is 10.2 Å². The summed E-state index contributed by atoms with van der Waals surface area (Å²) in [6.07, 6.45) is 1.79. The second kappa shape index (κ2) is 7.00. The molecule has 0 aliphatic carbocycles. The van der Waals surface area contributed by atoms with Crippen molar-refractivity contribution in [2.75, 3.05) is 27.2 Å². The van der Waals surface area contributed by atoms with Crippen molar-refractivity contribution >= 4 is 6.03 Å². The van der Waals surface area contributed by atoms with Gasteiger partial charge in [-0.25, -0.2) is 9.18 Å². The molecule has 1 aliphatic heterocycles. The first-order valence-corrected chi connectivity index (χ1v) is 7.97. The highest BCUT2D eigenvalue weighted by atomic mass is 19.1. The van der Waals surface area contributed by atoms with Crippen LogP contribution in [0.25, 0.3) is 0 Å². The number of fused-ring (bicyclic) bond motifs is 1. The van der Waals surface area contributed by atoms with Crippen LogP contribution < -0.4 is 5.32 Å². The Labute approximate surface area is 140 Å². The predicted molar refractivity (Wildman–Crippen MR) is 88.9 cm³/mol. The Hall–Kier alpha value is -2.41. The van der Waals surface area contributed by atoms with Gasteiger partial charge in [0.25, 0.3) is 0 Å². The number of nitrogens with one attached hydrogen (secondary N) is 1. The van der Waals surface area contributed by atoms with Gasteiger partial charge in [0.05, 0.1) is 11.7 Å². The van der Waals surface area contributed by atoms with E-state index in [9.17, 15) is 9.18 Å². The van der Waals surface area contributed by atoms with Crippen LogP contribution in [0.3, 0.4) is 0 Å². The molecule has 1 aromatic carbocycles. The van der Waals surface area contributed by atoms with Crippen molar-refractivity contribution < 1.29 is 9.18 Å². The number of rotatable bonds is 4. The molecular formula is C17H22FN5O. The van der Waals surface area contributed by atoms with Crippen molar-refractivity contribution in [3.63, 3.8) is 0 Å². The van der Waals surface area contributed by atoms with E-state index in [0.717, 1.165) is 30.9 Å². The van der Waals surface area contributed by atoms with E-state index >= 15 is 0 Å². The third kappa shape index (κ3) is 3.73. The number of hydrogen-bond donors (Lipinski definition) is 1. The fraction of sp³-hybridized carbons (Fsp3) is 0.412. The Morgan fingerprint density at radius 2 is 2.08 bits per heavy atom. The zero-order chi connectivity index (χ0) is 17.1. The average Bonchev–Trinajstić information content (AvgIpc) is 3.03. The molecule has 1 N–H and O–H groups in total. The molecule has 6 nitrogen and oxygen atoms in total. The second-order valence-corrected chi connectivity index (χ2v) is 6.30. The first-order valence-electron chi connectivity index (χ1n) is 7.97. The van der Waals surface area contributed by atoms with E-state index < -0.39 is 0 Å². The molecule has 24 heavy (non-hydrogen) atoms. The van der Waals surface area contributed by atoms with Crippen molar-refractivity contribution in [2.24, 2.45) is 0 Å². The van der Waals surface area contributed by atoms with Crippen molar-refractivity contribution in [1.82, 2.24) is 24.9 Å². The first kappa shape index (κ1) is 16.4. The summed E-state index contributed by atoms with van der Waals surface area (Å²) in [5.41, 5.74) is 2.19. The van der Waals surface area contributed by atoms with Gasteiger partial charge >= 0.3 is 6.03 Å². The SMILES string of the molecule is CN(C)C(=O)NC[C@@H]1CN(Cc2ccc(F)cc2)Cc2ccnn21. The fourth-order valence-electron chi connectivity index (χ4n) is 2.95. The molecule has 1 aromatic heterocycles. The molecular weight excluding hydrogens is 309 g/mol. The second-order valence-electron chi connectivity index (χ2n) is 6.30. The molecule has 0 unspecified atom stereocenters. The molecule has 7 heteroatoms. The molecule has 128 valence electrons. The Balaban J connectivity index is 1.68. The molecule has 0 spiro atoms. The highest BCUT2D eigenvalue weighted by Crippen LogP contribution is 2.21. The molecule has 0 bridgehead atoms. The Bertz CT molecular complexity index is 697. The Morgan fingerprint density at radius 3 is 2.79 bits per heavy atom. The Kier molecular flexibility index (Phi) is 4.80. The maximum absolute atomic E-state index is 13.1. The summed E-state index contributed by atoms with van der Waals surface area (Å²) < 4.78 is 15.0. The van der Waals surface area contributed by atoms with Gasteiger partial charge in [-0.3, -0.25) is 9.58 Å². The van der Waals surface area contributed by atoms with Gasteiger partial charge in [0.2, 0.25) is 0 Å². The average molecular weight is 331 g/mol. The van der Waals surface area contributed by atoms with Crippen LogP contribution in [0.5, 0.6) is 0 Å². The monoisotopic (exact) mass is 331 g/mol. The molecule has 0 saturated heterocycles. The molecule has 2 aromatic rings. The molecule has 0 radical (unpaired) electrons. The van der Waals surface area contributed by atoms with Crippen molar-refractivity contribution in [3.8, 4) is 0 Å². The molecule has 2 heterocycles. The summed E-state index contributed by atoms with van der Waals surface area (Å²) in [7, 11) is 3.44. The van der Waals surface area contributed by atoms with E-state index in [-0.39, 0.29) is 17.9 Å². The summed E-state index contributed by atoms with van der Waals surface area (Å²) in [4.78, 5) is 15.6. The molecule has 0 fully saturated rings. The van der Waals surface area contributed by atoms with Crippen LogP contribution in [0.15, 0.2) is 36.5 Å². The van der Waals surface area contributed by atoms with Gasteiger partial charge in [-0.15, -0.1) is 0 Å². The number of amides is 2. The minimum Gasteiger partial charge on any atom is -0.336 e. The third-order valence-corrected chi connectivity index (χ3v) is 4.17. The summed E-state index contributed by atoms with van der Waals surface area (Å²) in [6, 6.07) is 8.55. The fourth-order valence-corrected chi connectivity index (χ4v) is 2.95. The minimum absolute atomic E-state index is 0.0769. The van der Waals surface area contributed by atoms with E-state index in [2.05, 4.69) is 15.3 Å². The quantitative estimate of drug-likeness (QED) is 0.930. The molecule has 2 amide bonds. The van der Waals surface area contributed by atoms with E-state index in [4.69, 9.17) is 0 Å². The van der Waals surface area contributed by atoms with Gasteiger partial charge in [0, 0.05) is 46.5 Å². The van der Waals surface area contributed by atoms with Crippen LogP contribution in [-0.2, 0) is 13.1 Å². The van der Waals surface area contributed by atoms with Crippen molar-refractivity contribution in [2.45, 2.75) is 19.1 Å². The van der Waals surface area contributed by atoms with Crippen LogP contribution >= 0.6 is 0 Å². The largest absolute Gasteiger partial charge is 0.336 e. The van der Waals surface area contributed by atoms with Crippen LogP contribution in [0.1, 0.15) is 17.3 Å². The summed E-state index contributed by atoms with van der Waals surface area (Å²) in [5.74, 6) is -0.222. The highest BCUT2D eigenvalue weighted by Gasteiger charge is 2.26. The summed E-state index contributed by atoms with van der Waals surface area (Å²) in [5, 5.41) is 7.31. The zero-order valence-corrected chi connectivity index (χ0v) is 13.9. The first-order chi connectivity index (χ1) is 11.5. The number of urea groups is 1. The Morgan fingerprint density at radius 1 is 1.33 bits per heavy atom. The lowest BCUT2D eigenvalue weighted by Crippen LogP contribution is -2.44. The van der Waals surface area contributed by atoms with Crippen molar-refractivity contribution in [1.29, 1.82) is 0 Å². The van der Waals surface area contributed by atoms with Crippen molar-refractivity contribution in [3.05, 3.63) is 53.6 Å². The lowest BCUT2D eigenvalue weighted by Gasteiger charge is -2.34.